The van der Waals surface area contributed by atoms with Crippen LogP contribution in [0.2, 0.25) is 0 Å². The molecule has 0 bridgehead atoms. The van der Waals surface area contributed by atoms with Gasteiger partial charge in [-0.2, -0.15) is 0 Å². The fourth-order valence-corrected chi connectivity index (χ4v) is 3.46. The first-order chi connectivity index (χ1) is 18.3. The van der Waals surface area contributed by atoms with Gasteiger partial charge >= 0.3 is 5.97 Å². The number of esters is 1. The first-order valence-corrected chi connectivity index (χ1v) is 12.7. The van der Waals surface area contributed by atoms with Crippen LogP contribution in [0.3, 0.4) is 0 Å². The van der Waals surface area contributed by atoms with Gasteiger partial charge in [0.05, 0.1) is 13.2 Å². The highest BCUT2D eigenvalue weighted by atomic mass is 16.5. The number of fused-ring (bicyclic) bond motifs is 1. The third kappa shape index (κ3) is 10.0. The number of rotatable bonds is 8. The highest BCUT2D eigenvalue weighted by molar-refractivity contribution is 6.35. The summed E-state index contributed by atoms with van der Waals surface area (Å²) in [6.07, 6.45) is 4.04. The van der Waals surface area contributed by atoms with Crippen molar-refractivity contribution in [2.24, 2.45) is 0 Å². The average molecular weight is 519 g/mol. The van der Waals surface area contributed by atoms with Gasteiger partial charge in [-0.25, -0.2) is 4.79 Å². The number of hydrogen-bond acceptors (Lipinski definition) is 5. The highest BCUT2D eigenvalue weighted by Gasteiger charge is 2.17. The van der Waals surface area contributed by atoms with E-state index in [0.717, 1.165) is 22.8 Å². The van der Waals surface area contributed by atoms with E-state index in [1.165, 1.54) is 20.1 Å². The van der Waals surface area contributed by atoms with Crippen LogP contribution in [0.15, 0.2) is 78.9 Å². The molecule has 0 saturated heterocycles. The summed E-state index contributed by atoms with van der Waals surface area (Å²) in [7, 11) is 1.36. The smallest absolute Gasteiger partial charge is 0.330 e. The summed E-state index contributed by atoms with van der Waals surface area (Å²) in [6, 6.07) is 20.9. The number of nitrogens with one attached hydrogen (secondary N) is 2. The van der Waals surface area contributed by atoms with Gasteiger partial charge in [0.15, 0.2) is 0 Å². The molecular formula is C31H38N2O5. The summed E-state index contributed by atoms with van der Waals surface area (Å²) < 4.78 is 4.33. The highest BCUT2D eigenvalue weighted by Crippen LogP contribution is 2.24. The van der Waals surface area contributed by atoms with E-state index >= 15 is 0 Å². The van der Waals surface area contributed by atoms with Gasteiger partial charge in [-0.3, -0.25) is 14.4 Å². The van der Waals surface area contributed by atoms with Crippen LogP contribution in [0.5, 0.6) is 0 Å². The topological polar surface area (TPSA) is 102 Å². The van der Waals surface area contributed by atoms with E-state index in [1.807, 2.05) is 70.2 Å². The van der Waals surface area contributed by atoms with E-state index in [4.69, 9.17) is 0 Å². The molecule has 7 heteroatoms. The average Bonchev–Trinajstić information content (AvgIpc) is 2.95. The molecule has 1 unspecified atom stereocenters. The number of benzene rings is 3. The number of methoxy groups -OCH3 is 1. The minimum Gasteiger partial charge on any atom is -0.466 e. The molecule has 0 fully saturated rings. The third-order valence-corrected chi connectivity index (χ3v) is 5.35. The lowest BCUT2D eigenvalue weighted by Crippen LogP contribution is -2.31. The van der Waals surface area contributed by atoms with Crippen molar-refractivity contribution in [1.29, 1.82) is 0 Å². The predicted octanol–water partition coefficient (Wildman–Crippen LogP) is 5.69. The molecule has 3 aromatic rings. The van der Waals surface area contributed by atoms with Gasteiger partial charge < -0.3 is 15.4 Å². The van der Waals surface area contributed by atoms with Crippen molar-refractivity contribution in [1.82, 2.24) is 10.6 Å². The second-order valence-corrected chi connectivity index (χ2v) is 7.99. The molecule has 7 nitrogen and oxygen atoms in total. The zero-order valence-electron chi connectivity index (χ0n) is 23.0. The first-order valence-electron chi connectivity index (χ1n) is 12.7. The molecule has 3 aromatic carbocycles. The van der Waals surface area contributed by atoms with E-state index in [1.54, 1.807) is 30.3 Å². The van der Waals surface area contributed by atoms with Crippen LogP contribution in [-0.2, 0) is 25.7 Å². The fraction of sp³-hybridized carbons (Fsp3) is 0.290. The standard InChI is InChI=1S/C23H22N2O3.C6H10O2.C2H6/c1-15(19-13-7-10-17-8-3-5-11-20(17)19)25-23(28)21-12-6-4-9-18(21)14-24-22(27)16(2)26;1-3-4-5-6(7)8-2;1-2/h3-13,15H,14H2,1-2H3,(H,24,27)(H,25,28);4-5H,3H2,1-2H3;1-2H3/b;5-4+;. The Morgan fingerprint density at radius 2 is 1.55 bits per heavy atom. The summed E-state index contributed by atoms with van der Waals surface area (Å²) in [5.74, 6) is -1.74. The Bertz CT molecular complexity index is 1240. The normalized spacial score (nSPS) is 10.8. The van der Waals surface area contributed by atoms with E-state index in [2.05, 4.69) is 15.4 Å². The van der Waals surface area contributed by atoms with Crippen molar-refractivity contribution in [3.63, 3.8) is 0 Å². The molecule has 0 spiro atoms. The number of amides is 2. The van der Waals surface area contributed by atoms with Gasteiger partial charge in [-0.05, 0) is 41.3 Å². The number of ketones is 1. The molecule has 0 aliphatic rings. The number of Topliss-reactive ketones (excluding diaryl/α,β-unsaturated/α-hetero) is 1. The number of carbonyl (C=O) groups excluding carboxylic acids is 4. The molecular weight excluding hydrogens is 480 g/mol. The van der Waals surface area contributed by atoms with Crippen molar-refractivity contribution in [3.05, 3.63) is 95.6 Å². The minimum atomic E-state index is -0.667. The largest absolute Gasteiger partial charge is 0.466 e. The second kappa shape index (κ2) is 17.2. The Balaban J connectivity index is 0.000000620. The van der Waals surface area contributed by atoms with Crippen LogP contribution < -0.4 is 10.6 Å². The summed E-state index contributed by atoms with van der Waals surface area (Å²) in [5.41, 5.74) is 2.16. The first kappa shape index (κ1) is 31.8. The Kier molecular flexibility index (Phi) is 14.4. The molecule has 0 aliphatic carbocycles. The van der Waals surface area contributed by atoms with E-state index in [9.17, 15) is 19.2 Å². The van der Waals surface area contributed by atoms with Gasteiger partial charge in [0.1, 0.15) is 0 Å². The zero-order valence-corrected chi connectivity index (χ0v) is 23.0. The lowest BCUT2D eigenvalue weighted by molar-refractivity contribution is -0.136. The summed E-state index contributed by atoms with van der Waals surface area (Å²) in [5, 5.41) is 7.79. The van der Waals surface area contributed by atoms with Crippen molar-refractivity contribution in [2.75, 3.05) is 7.11 Å². The van der Waals surface area contributed by atoms with Crippen molar-refractivity contribution >= 4 is 34.3 Å². The third-order valence-electron chi connectivity index (χ3n) is 5.35. The zero-order chi connectivity index (χ0) is 28.5. The monoisotopic (exact) mass is 518 g/mol. The summed E-state index contributed by atoms with van der Waals surface area (Å²) in [6.45, 7) is 9.23. The van der Waals surface area contributed by atoms with Crippen LogP contribution in [0.4, 0.5) is 0 Å². The lowest BCUT2D eigenvalue weighted by atomic mass is 9.99. The molecule has 0 aliphatic heterocycles. The summed E-state index contributed by atoms with van der Waals surface area (Å²) in [4.78, 5) is 45.8. The SMILES string of the molecule is CC.CC(=O)C(=O)NCc1ccccc1C(=O)NC(C)c1cccc2ccccc12.CC/C=C/C(=O)OC. The maximum Gasteiger partial charge on any atom is 0.330 e. The Morgan fingerprint density at radius 1 is 0.921 bits per heavy atom. The molecule has 0 radical (unpaired) electrons. The van der Waals surface area contributed by atoms with Crippen LogP contribution in [0.1, 0.15) is 68.6 Å². The molecule has 1 atom stereocenters. The van der Waals surface area contributed by atoms with Crippen molar-refractivity contribution in [3.8, 4) is 0 Å². The lowest BCUT2D eigenvalue weighted by Gasteiger charge is -2.18. The molecule has 2 amide bonds. The Labute approximate surface area is 225 Å². The van der Waals surface area contributed by atoms with Crippen LogP contribution in [0, 0.1) is 0 Å². The Hall–Kier alpha value is -4.26. The van der Waals surface area contributed by atoms with Crippen molar-refractivity contribution < 1.29 is 23.9 Å². The van der Waals surface area contributed by atoms with Crippen LogP contribution >= 0.6 is 0 Å². The molecule has 38 heavy (non-hydrogen) atoms. The quantitative estimate of drug-likeness (QED) is 0.227. The molecule has 0 aromatic heterocycles. The number of hydrogen-bond donors (Lipinski definition) is 2. The van der Waals surface area contributed by atoms with Gasteiger partial charge in [-0.15, -0.1) is 0 Å². The fourth-order valence-electron chi connectivity index (χ4n) is 3.46. The minimum absolute atomic E-state index is 0.116. The molecule has 3 rings (SSSR count). The Morgan fingerprint density at radius 3 is 2.21 bits per heavy atom. The molecule has 0 saturated carbocycles. The second-order valence-electron chi connectivity index (χ2n) is 7.99. The predicted molar refractivity (Wildman–Crippen MR) is 152 cm³/mol. The molecule has 2 N–H and O–H groups in total. The van der Waals surface area contributed by atoms with Crippen molar-refractivity contribution in [2.45, 2.75) is 53.6 Å². The number of carbonyl (C=O) groups is 4. The number of ether oxygens (including phenoxy) is 1. The van der Waals surface area contributed by atoms with E-state index < -0.39 is 11.7 Å². The van der Waals surface area contributed by atoms with Gasteiger partial charge in [-0.1, -0.05) is 87.5 Å². The number of allylic oxidation sites excluding steroid dienone is 1. The van der Waals surface area contributed by atoms with Crippen LogP contribution in [0.25, 0.3) is 10.8 Å². The van der Waals surface area contributed by atoms with E-state index in [-0.39, 0.29) is 24.5 Å². The van der Waals surface area contributed by atoms with E-state index in [0.29, 0.717) is 11.1 Å². The van der Waals surface area contributed by atoms with Gasteiger partial charge in [0, 0.05) is 25.1 Å². The maximum absolute atomic E-state index is 12.9. The van der Waals surface area contributed by atoms with Gasteiger partial charge in [0.2, 0.25) is 5.78 Å². The molecule has 0 heterocycles. The van der Waals surface area contributed by atoms with Gasteiger partial charge in [0.25, 0.3) is 11.8 Å². The van der Waals surface area contributed by atoms with Crippen LogP contribution in [-0.4, -0.2) is 30.7 Å². The molecule has 202 valence electrons. The maximum atomic E-state index is 12.9. The summed E-state index contributed by atoms with van der Waals surface area (Å²) >= 11 is 0.